The summed E-state index contributed by atoms with van der Waals surface area (Å²) >= 11 is 1.77. The van der Waals surface area contributed by atoms with E-state index in [1.54, 1.807) is 11.8 Å². The van der Waals surface area contributed by atoms with Crippen LogP contribution in [0.1, 0.15) is 0 Å². The van der Waals surface area contributed by atoms with Crippen molar-refractivity contribution in [1.82, 2.24) is 9.80 Å². The highest BCUT2D eigenvalue weighted by molar-refractivity contribution is 8.14. The topological polar surface area (TPSA) is 58.9 Å². The van der Waals surface area contributed by atoms with E-state index in [1.165, 1.54) is 0 Å². The summed E-state index contributed by atoms with van der Waals surface area (Å²) in [6.07, 6.45) is 0. The van der Waals surface area contributed by atoms with E-state index in [9.17, 15) is 0 Å². The number of hydrogen-bond donors (Lipinski definition) is 0. The van der Waals surface area contributed by atoms with Crippen molar-refractivity contribution in [3.05, 3.63) is 18.2 Å². The number of morpholine rings is 1. The first kappa shape index (κ1) is 15.6. The normalized spacial score (nSPS) is 22.5. The molecule has 0 N–H and O–H groups in total. The largest absolute Gasteiger partial charge is 0.454 e. The Hall–Kier alpha value is -1.93. The molecule has 0 bridgehead atoms. The Morgan fingerprint density at radius 2 is 1.96 bits per heavy atom. The molecule has 0 atom stereocenters. The third-order valence-electron chi connectivity index (χ3n) is 4.06. The Morgan fingerprint density at radius 1 is 1.12 bits per heavy atom. The molecule has 0 radical (unpaired) electrons. The van der Waals surface area contributed by atoms with Gasteiger partial charge >= 0.3 is 0 Å². The second kappa shape index (κ2) is 6.90. The van der Waals surface area contributed by atoms with Gasteiger partial charge in [0.2, 0.25) is 12.8 Å². The highest BCUT2D eigenvalue weighted by Gasteiger charge is 2.21. The quantitative estimate of drug-likeness (QED) is 0.569. The van der Waals surface area contributed by atoms with E-state index in [0.29, 0.717) is 13.2 Å². The van der Waals surface area contributed by atoms with Crippen molar-refractivity contribution in [2.24, 2.45) is 9.98 Å². The maximum atomic E-state index is 5.45. The fraction of sp³-hybridized carbons (Fsp3) is 0.500. The van der Waals surface area contributed by atoms with Gasteiger partial charge < -0.3 is 24.0 Å². The van der Waals surface area contributed by atoms with Gasteiger partial charge in [0.25, 0.3) is 0 Å². The lowest BCUT2D eigenvalue weighted by atomic mass is 10.3. The van der Waals surface area contributed by atoms with E-state index in [2.05, 4.69) is 16.8 Å². The third kappa shape index (κ3) is 3.29. The molecule has 24 heavy (non-hydrogen) atoms. The zero-order valence-corrected chi connectivity index (χ0v) is 14.4. The maximum Gasteiger partial charge on any atom is 0.231 e. The smallest absolute Gasteiger partial charge is 0.231 e. The molecule has 128 valence electrons. The minimum atomic E-state index is 0.266. The van der Waals surface area contributed by atoms with Gasteiger partial charge in [0.05, 0.1) is 18.9 Å². The molecule has 3 heterocycles. The van der Waals surface area contributed by atoms with Crippen LogP contribution in [0.25, 0.3) is 0 Å². The molecule has 0 spiro atoms. The first-order valence-corrected chi connectivity index (χ1v) is 9.02. The molecule has 7 nitrogen and oxygen atoms in total. The lowest BCUT2D eigenvalue weighted by Gasteiger charge is -2.28. The summed E-state index contributed by atoms with van der Waals surface area (Å²) in [5.74, 6) is 3.29. The van der Waals surface area contributed by atoms with Crippen LogP contribution in [0.3, 0.4) is 0 Å². The number of guanidine groups is 1. The standard InChI is InChI=1S/C16H20N4O3S/c1-19-6-9-24-16(19)18-15(20-4-7-21-8-5-20)17-12-2-3-13-14(10-12)23-11-22-13/h2-3,10H,4-9,11H2,1H3/b17-15-,18-16+. The molecule has 0 aromatic heterocycles. The molecule has 2 fully saturated rings. The first-order valence-electron chi connectivity index (χ1n) is 8.03. The Morgan fingerprint density at radius 3 is 2.75 bits per heavy atom. The second-order valence-electron chi connectivity index (χ2n) is 5.71. The fourth-order valence-corrected chi connectivity index (χ4v) is 3.69. The van der Waals surface area contributed by atoms with Gasteiger partial charge in [-0.15, -0.1) is 0 Å². The molecule has 0 aliphatic carbocycles. The molecule has 1 aromatic rings. The summed E-state index contributed by atoms with van der Waals surface area (Å²) in [4.78, 5) is 13.9. The fourth-order valence-electron chi connectivity index (χ4n) is 2.68. The minimum Gasteiger partial charge on any atom is -0.454 e. The van der Waals surface area contributed by atoms with Gasteiger partial charge in [0, 0.05) is 38.5 Å². The monoisotopic (exact) mass is 348 g/mol. The zero-order chi connectivity index (χ0) is 16.4. The van der Waals surface area contributed by atoms with Gasteiger partial charge in [-0.3, -0.25) is 0 Å². The Bertz CT molecular complexity index is 673. The molecule has 3 aliphatic heterocycles. The minimum absolute atomic E-state index is 0.266. The summed E-state index contributed by atoms with van der Waals surface area (Å²) in [7, 11) is 2.07. The van der Waals surface area contributed by atoms with Gasteiger partial charge in [0.1, 0.15) is 0 Å². The number of hydrogen-bond acceptors (Lipinski definition) is 5. The number of fused-ring (bicyclic) bond motifs is 1. The number of nitrogens with zero attached hydrogens (tertiary/aromatic N) is 4. The summed E-state index contributed by atoms with van der Waals surface area (Å²) in [6, 6.07) is 5.72. The van der Waals surface area contributed by atoms with Gasteiger partial charge in [-0.1, -0.05) is 11.8 Å². The maximum absolute atomic E-state index is 5.45. The van der Waals surface area contributed by atoms with Crippen molar-refractivity contribution < 1.29 is 14.2 Å². The third-order valence-corrected chi connectivity index (χ3v) is 5.11. The van der Waals surface area contributed by atoms with Gasteiger partial charge in [-0.25, -0.2) is 4.99 Å². The van der Waals surface area contributed by atoms with Crippen LogP contribution >= 0.6 is 11.8 Å². The predicted octanol–water partition coefficient (Wildman–Crippen LogP) is 1.77. The van der Waals surface area contributed by atoms with Crippen LogP contribution in [0, 0.1) is 0 Å². The Labute approximate surface area is 145 Å². The highest BCUT2D eigenvalue weighted by Crippen LogP contribution is 2.35. The van der Waals surface area contributed by atoms with Crippen molar-refractivity contribution in [1.29, 1.82) is 0 Å². The van der Waals surface area contributed by atoms with Crippen LogP contribution in [0.4, 0.5) is 5.69 Å². The molecule has 4 rings (SSSR count). The average molecular weight is 348 g/mol. The molecule has 3 aliphatic rings. The van der Waals surface area contributed by atoms with Crippen molar-refractivity contribution >= 4 is 28.6 Å². The summed E-state index contributed by atoms with van der Waals surface area (Å²) < 4.78 is 16.3. The molecule has 8 heteroatoms. The average Bonchev–Trinajstić information content (AvgIpc) is 3.24. The molecule has 0 unspecified atom stereocenters. The molecular formula is C16H20N4O3S. The van der Waals surface area contributed by atoms with E-state index < -0.39 is 0 Å². The Kier molecular flexibility index (Phi) is 4.48. The molecule has 0 saturated carbocycles. The van der Waals surface area contributed by atoms with E-state index >= 15 is 0 Å². The lowest BCUT2D eigenvalue weighted by Crippen LogP contribution is -2.40. The van der Waals surface area contributed by atoms with Crippen LogP contribution in [0.15, 0.2) is 28.2 Å². The van der Waals surface area contributed by atoms with E-state index in [0.717, 1.165) is 53.7 Å². The molecule has 0 amide bonds. The summed E-state index contributed by atoms with van der Waals surface area (Å²) in [6.45, 7) is 4.29. The molecule has 2 saturated heterocycles. The molecule has 1 aromatic carbocycles. The number of benzene rings is 1. The van der Waals surface area contributed by atoms with Crippen molar-refractivity contribution in [2.75, 3.05) is 52.4 Å². The van der Waals surface area contributed by atoms with Crippen LogP contribution in [0.2, 0.25) is 0 Å². The van der Waals surface area contributed by atoms with E-state index in [-0.39, 0.29) is 6.79 Å². The van der Waals surface area contributed by atoms with Crippen molar-refractivity contribution in [3.63, 3.8) is 0 Å². The van der Waals surface area contributed by atoms with Gasteiger partial charge in [-0.05, 0) is 12.1 Å². The van der Waals surface area contributed by atoms with Crippen LogP contribution < -0.4 is 9.47 Å². The predicted molar refractivity (Wildman–Crippen MR) is 94.6 cm³/mol. The van der Waals surface area contributed by atoms with Crippen LogP contribution in [-0.4, -0.2) is 73.4 Å². The number of rotatable bonds is 1. The van der Waals surface area contributed by atoms with E-state index in [4.69, 9.17) is 24.2 Å². The second-order valence-corrected chi connectivity index (χ2v) is 6.78. The number of ether oxygens (including phenoxy) is 3. The number of aliphatic imine (C=N–C) groups is 2. The van der Waals surface area contributed by atoms with Gasteiger partial charge in [0.15, 0.2) is 16.7 Å². The summed E-state index contributed by atoms with van der Waals surface area (Å²) in [5, 5.41) is 1.01. The number of amidine groups is 1. The first-order chi connectivity index (χ1) is 11.8. The van der Waals surface area contributed by atoms with Crippen molar-refractivity contribution in [3.8, 4) is 11.5 Å². The van der Waals surface area contributed by atoms with Crippen molar-refractivity contribution in [2.45, 2.75) is 0 Å². The van der Waals surface area contributed by atoms with E-state index in [1.807, 2.05) is 18.2 Å². The molecular weight excluding hydrogens is 328 g/mol. The Balaban J connectivity index is 1.66. The van der Waals surface area contributed by atoms with Crippen LogP contribution in [-0.2, 0) is 4.74 Å². The highest BCUT2D eigenvalue weighted by atomic mass is 32.2. The SMILES string of the molecule is CN1CCS/C1=N/C(=N/c1ccc2c(c1)OCO2)N1CCOCC1. The lowest BCUT2D eigenvalue weighted by molar-refractivity contribution is 0.0676. The summed E-state index contributed by atoms with van der Waals surface area (Å²) in [5.41, 5.74) is 0.816. The van der Waals surface area contributed by atoms with Gasteiger partial charge in [-0.2, -0.15) is 4.99 Å². The number of thioether (sulfide) groups is 1. The van der Waals surface area contributed by atoms with Crippen LogP contribution in [0.5, 0.6) is 11.5 Å². The zero-order valence-electron chi connectivity index (χ0n) is 13.6.